The molecule has 1 saturated heterocycles. The van der Waals surface area contributed by atoms with Crippen molar-refractivity contribution in [1.29, 1.82) is 0 Å². The maximum Gasteiger partial charge on any atom is 0.234 e. The number of nitrogens with two attached hydrogens (primary N) is 1. The molecule has 1 aromatic carbocycles. The average Bonchev–Trinajstić information content (AvgIpc) is 2.92. The largest absolute Gasteiger partial charge is 0.368 e. The van der Waals surface area contributed by atoms with Crippen molar-refractivity contribution in [1.82, 2.24) is 5.32 Å². The van der Waals surface area contributed by atoms with Gasteiger partial charge in [-0.1, -0.05) is 37.3 Å². The topological polar surface area (TPSA) is 55.1 Å². The molecule has 3 heteroatoms. The van der Waals surface area contributed by atoms with Gasteiger partial charge in [0, 0.05) is 5.54 Å². The molecule has 2 aliphatic rings. The summed E-state index contributed by atoms with van der Waals surface area (Å²) >= 11 is 0. The minimum absolute atomic E-state index is 0.125. The molecule has 4 atom stereocenters. The van der Waals surface area contributed by atoms with Crippen molar-refractivity contribution >= 4 is 5.91 Å². The Labute approximate surface area is 101 Å². The molecule has 1 amide bonds. The number of piperidine rings is 1. The number of fused-ring (bicyclic) bond motifs is 1. The van der Waals surface area contributed by atoms with Crippen LogP contribution in [0.3, 0.4) is 0 Å². The van der Waals surface area contributed by atoms with E-state index in [1.807, 2.05) is 6.07 Å². The van der Waals surface area contributed by atoms with E-state index < -0.39 is 0 Å². The average molecular weight is 230 g/mol. The van der Waals surface area contributed by atoms with Gasteiger partial charge in [-0.3, -0.25) is 10.1 Å². The van der Waals surface area contributed by atoms with Crippen LogP contribution in [0.1, 0.15) is 31.2 Å². The molecule has 0 radical (unpaired) electrons. The number of primary amides is 1. The predicted octanol–water partition coefficient (Wildman–Crippen LogP) is 1.40. The molecule has 1 heterocycles. The van der Waals surface area contributed by atoms with E-state index in [4.69, 9.17) is 5.73 Å². The molecule has 2 fully saturated rings. The molecule has 0 bridgehead atoms. The SMILES string of the molecule is C[C@@H](c1ccccc1)C12CC1CC(C(N)=O)N2. The number of nitrogens with one attached hydrogen (secondary N) is 1. The van der Waals surface area contributed by atoms with Gasteiger partial charge in [0.15, 0.2) is 0 Å². The maximum absolute atomic E-state index is 11.2. The maximum atomic E-state index is 11.2. The fourth-order valence-corrected chi connectivity index (χ4v) is 3.37. The van der Waals surface area contributed by atoms with Gasteiger partial charge in [-0.05, 0) is 30.2 Å². The smallest absolute Gasteiger partial charge is 0.234 e. The number of hydrogen-bond donors (Lipinski definition) is 2. The van der Waals surface area contributed by atoms with E-state index in [2.05, 4.69) is 36.5 Å². The van der Waals surface area contributed by atoms with Crippen molar-refractivity contribution in [2.24, 2.45) is 11.7 Å². The van der Waals surface area contributed by atoms with Gasteiger partial charge in [0.05, 0.1) is 6.04 Å². The Balaban J connectivity index is 1.81. The van der Waals surface area contributed by atoms with Crippen LogP contribution in [0.5, 0.6) is 0 Å². The highest BCUT2D eigenvalue weighted by atomic mass is 16.1. The lowest BCUT2D eigenvalue weighted by Gasteiger charge is -2.24. The van der Waals surface area contributed by atoms with E-state index >= 15 is 0 Å². The van der Waals surface area contributed by atoms with Crippen molar-refractivity contribution in [3.05, 3.63) is 35.9 Å². The minimum Gasteiger partial charge on any atom is -0.368 e. The third-order valence-corrected chi connectivity index (χ3v) is 4.53. The predicted molar refractivity (Wildman–Crippen MR) is 66.4 cm³/mol. The molecule has 3 rings (SSSR count). The van der Waals surface area contributed by atoms with E-state index in [1.165, 1.54) is 12.0 Å². The van der Waals surface area contributed by atoms with Crippen LogP contribution in [0.15, 0.2) is 30.3 Å². The van der Waals surface area contributed by atoms with Crippen LogP contribution in [0.2, 0.25) is 0 Å². The van der Waals surface area contributed by atoms with Crippen LogP contribution in [-0.2, 0) is 4.79 Å². The molecular formula is C14H18N2O. The van der Waals surface area contributed by atoms with Crippen LogP contribution in [0, 0.1) is 5.92 Å². The second-order valence-electron chi connectivity index (χ2n) is 5.41. The summed E-state index contributed by atoms with van der Waals surface area (Å²) in [4.78, 5) is 11.2. The standard InChI is InChI=1S/C14H18N2O/c1-9(10-5-3-2-4-6-10)14-8-11(14)7-12(16-14)13(15)17/h2-6,9,11-12,16H,7-8H2,1H3,(H2,15,17)/t9-,11?,12?,14?/m0/s1. The highest BCUT2D eigenvalue weighted by Crippen LogP contribution is 2.58. The number of amides is 1. The Morgan fingerprint density at radius 2 is 2.18 bits per heavy atom. The summed E-state index contributed by atoms with van der Waals surface area (Å²) in [5.74, 6) is 0.852. The molecule has 0 spiro atoms. The summed E-state index contributed by atoms with van der Waals surface area (Å²) in [6.45, 7) is 2.24. The van der Waals surface area contributed by atoms with Crippen LogP contribution >= 0.6 is 0 Å². The van der Waals surface area contributed by atoms with Crippen molar-refractivity contribution in [2.75, 3.05) is 0 Å². The highest BCUT2D eigenvalue weighted by molar-refractivity contribution is 5.81. The van der Waals surface area contributed by atoms with Crippen molar-refractivity contribution in [3.8, 4) is 0 Å². The van der Waals surface area contributed by atoms with E-state index in [0.717, 1.165) is 6.42 Å². The second-order valence-corrected chi connectivity index (χ2v) is 5.41. The first kappa shape index (κ1) is 10.8. The molecule has 3 nitrogen and oxygen atoms in total. The molecule has 1 aromatic rings. The Morgan fingerprint density at radius 1 is 1.47 bits per heavy atom. The molecule has 17 heavy (non-hydrogen) atoms. The molecule has 90 valence electrons. The summed E-state index contributed by atoms with van der Waals surface area (Å²) in [6, 6.07) is 10.4. The van der Waals surface area contributed by atoms with Crippen molar-refractivity contribution < 1.29 is 4.79 Å². The van der Waals surface area contributed by atoms with Gasteiger partial charge in [-0.15, -0.1) is 0 Å². The summed E-state index contributed by atoms with van der Waals surface area (Å²) < 4.78 is 0. The molecular weight excluding hydrogens is 212 g/mol. The molecule has 3 N–H and O–H groups in total. The Morgan fingerprint density at radius 3 is 2.76 bits per heavy atom. The quantitative estimate of drug-likeness (QED) is 0.824. The Hall–Kier alpha value is -1.35. The van der Waals surface area contributed by atoms with Crippen molar-refractivity contribution in [3.63, 3.8) is 0 Å². The van der Waals surface area contributed by atoms with Crippen LogP contribution in [-0.4, -0.2) is 17.5 Å². The molecule has 1 aliphatic heterocycles. The Bertz CT molecular complexity index is 445. The normalized spacial score (nSPS) is 36.3. The van der Waals surface area contributed by atoms with Gasteiger partial charge >= 0.3 is 0 Å². The van der Waals surface area contributed by atoms with Gasteiger partial charge in [0.1, 0.15) is 0 Å². The zero-order valence-corrected chi connectivity index (χ0v) is 10.0. The fourth-order valence-electron chi connectivity index (χ4n) is 3.37. The van der Waals surface area contributed by atoms with Crippen LogP contribution in [0.4, 0.5) is 0 Å². The van der Waals surface area contributed by atoms with E-state index in [1.54, 1.807) is 0 Å². The first-order chi connectivity index (χ1) is 8.13. The zero-order valence-electron chi connectivity index (χ0n) is 10.0. The number of benzene rings is 1. The van der Waals surface area contributed by atoms with Gasteiger partial charge in [-0.2, -0.15) is 0 Å². The van der Waals surface area contributed by atoms with E-state index in [-0.39, 0.29) is 17.5 Å². The summed E-state index contributed by atoms with van der Waals surface area (Å²) in [6.07, 6.45) is 2.08. The van der Waals surface area contributed by atoms with Crippen LogP contribution < -0.4 is 11.1 Å². The summed E-state index contributed by atoms with van der Waals surface area (Å²) in [5.41, 5.74) is 6.84. The summed E-state index contributed by atoms with van der Waals surface area (Å²) in [7, 11) is 0. The van der Waals surface area contributed by atoms with Gasteiger partial charge in [0.25, 0.3) is 0 Å². The van der Waals surface area contributed by atoms with Gasteiger partial charge in [0.2, 0.25) is 5.91 Å². The fraction of sp³-hybridized carbons (Fsp3) is 0.500. The first-order valence-corrected chi connectivity index (χ1v) is 6.25. The number of rotatable bonds is 3. The zero-order chi connectivity index (χ0) is 12.0. The lowest BCUT2D eigenvalue weighted by atomic mass is 9.90. The van der Waals surface area contributed by atoms with Gasteiger partial charge in [-0.25, -0.2) is 0 Å². The monoisotopic (exact) mass is 230 g/mol. The number of carbonyl (C=O) groups excluding carboxylic acids is 1. The van der Waals surface area contributed by atoms with E-state index in [0.29, 0.717) is 11.8 Å². The van der Waals surface area contributed by atoms with Crippen molar-refractivity contribution in [2.45, 2.75) is 37.3 Å². The minimum atomic E-state index is -0.211. The lowest BCUT2D eigenvalue weighted by molar-refractivity contribution is -0.120. The first-order valence-electron chi connectivity index (χ1n) is 6.25. The molecule has 3 unspecified atom stereocenters. The van der Waals surface area contributed by atoms with Crippen LogP contribution in [0.25, 0.3) is 0 Å². The van der Waals surface area contributed by atoms with E-state index in [9.17, 15) is 4.79 Å². The molecule has 0 aromatic heterocycles. The highest BCUT2D eigenvalue weighted by Gasteiger charge is 2.63. The number of carbonyl (C=O) groups is 1. The third kappa shape index (κ3) is 1.57. The lowest BCUT2D eigenvalue weighted by Crippen LogP contribution is -2.45. The molecule has 1 aliphatic carbocycles. The second kappa shape index (κ2) is 3.57. The Kier molecular flexibility index (Phi) is 2.26. The summed E-state index contributed by atoms with van der Waals surface area (Å²) in [5, 5.41) is 3.46. The third-order valence-electron chi connectivity index (χ3n) is 4.53. The van der Waals surface area contributed by atoms with Gasteiger partial charge < -0.3 is 5.73 Å². The number of hydrogen-bond acceptors (Lipinski definition) is 2. The molecule has 1 saturated carbocycles.